The van der Waals surface area contributed by atoms with Crippen molar-refractivity contribution in [2.24, 2.45) is 0 Å². The maximum Gasteiger partial charge on any atom is 0.134 e. The van der Waals surface area contributed by atoms with Crippen molar-refractivity contribution in [2.45, 2.75) is 20.0 Å². The molecule has 1 aromatic rings. The molecule has 1 rings (SSSR count). The Balaban J connectivity index is 3.05. The van der Waals surface area contributed by atoms with Gasteiger partial charge in [0.2, 0.25) is 0 Å². The number of hydrogen-bond donors (Lipinski definition) is 0. The van der Waals surface area contributed by atoms with E-state index in [1.807, 2.05) is 0 Å². The topological polar surface area (TPSA) is 17.1 Å². The minimum Gasteiger partial charge on any atom is -0.300 e. The molecule has 0 bridgehead atoms. The van der Waals surface area contributed by atoms with Crippen LogP contribution >= 0.6 is 11.6 Å². The molecule has 3 heteroatoms. The van der Waals surface area contributed by atoms with Gasteiger partial charge in [0, 0.05) is 17.0 Å². The van der Waals surface area contributed by atoms with Crippen LogP contribution in [0.1, 0.15) is 18.1 Å². The number of carbonyl (C=O) groups excluding carboxylic acids is 1. The molecule has 0 aliphatic heterocycles. The molecule has 70 valence electrons. The van der Waals surface area contributed by atoms with Gasteiger partial charge in [-0.1, -0.05) is 23.7 Å². The second kappa shape index (κ2) is 4.38. The number of rotatable bonds is 3. The highest BCUT2D eigenvalue weighted by Gasteiger charge is 2.07. The van der Waals surface area contributed by atoms with Crippen LogP contribution in [0, 0.1) is 0 Å². The van der Waals surface area contributed by atoms with Gasteiger partial charge in [-0.25, -0.2) is 4.39 Å². The maximum atomic E-state index is 12.5. The second-order valence-corrected chi connectivity index (χ2v) is 3.30. The van der Waals surface area contributed by atoms with Crippen molar-refractivity contribution in [3.05, 3.63) is 34.3 Å². The van der Waals surface area contributed by atoms with Crippen molar-refractivity contribution in [1.29, 1.82) is 0 Å². The largest absolute Gasteiger partial charge is 0.300 e. The summed E-state index contributed by atoms with van der Waals surface area (Å²) in [6, 6.07) is 5.07. The van der Waals surface area contributed by atoms with E-state index < -0.39 is 6.67 Å². The number of ketones is 1. The molecule has 0 N–H and O–H groups in total. The first-order chi connectivity index (χ1) is 6.15. The third-order valence-electron chi connectivity index (χ3n) is 1.79. The molecule has 0 heterocycles. The van der Waals surface area contributed by atoms with Crippen LogP contribution in [0.25, 0.3) is 0 Å². The van der Waals surface area contributed by atoms with Crippen LogP contribution in [-0.2, 0) is 17.9 Å². The molecule has 1 aromatic carbocycles. The SMILES string of the molecule is CC(=O)Cc1cccc(Cl)c1CF. The van der Waals surface area contributed by atoms with Crippen LogP contribution < -0.4 is 0 Å². The first-order valence-corrected chi connectivity index (χ1v) is 4.34. The highest BCUT2D eigenvalue weighted by molar-refractivity contribution is 6.31. The fraction of sp³-hybridized carbons (Fsp3) is 0.300. The number of hydrogen-bond acceptors (Lipinski definition) is 1. The van der Waals surface area contributed by atoms with Crippen LogP contribution in [0.4, 0.5) is 4.39 Å². The lowest BCUT2D eigenvalue weighted by molar-refractivity contribution is -0.116. The molecule has 13 heavy (non-hydrogen) atoms. The molecule has 0 aliphatic carbocycles. The van der Waals surface area contributed by atoms with E-state index in [1.54, 1.807) is 18.2 Å². The van der Waals surface area contributed by atoms with Crippen LogP contribution in [0.15, 0.2) is 18.2 Å². The molecule has 0 aromatic heterocycles. The average molecular weight is 201 g/mol. The van der Waals surface area contributed by atoms with E-state index in [2.05, 4.69) is 0 Å². The van der Waals surface area contributed by atoms with E-state index in [1.165, 1.54) is 6.92 Å². The summed E-state index contributed by atoms with van der Waals surface area (Å²) in [4.78, 5) is 10.8. The molecule has 0 amide bonds. The first kappa shape index (κ1) is 10.2. The Morgan fingerprint density at radius 3 is 2.77 bits per heavy atom. The molecule has 0 spiro atoms. The molecule has 0 aliphatic rings. The standard InChI is InChI=1S/C10H10ClFO/c1-7(13)5-8-3-2-4-10(11)9(8)6-12/h2-4H,5-6H2,1H3. The molecular formula is C10H10ClFO. The summed E-state index contributed by atoms with van der Waals surface area (Å²) in [6.45, 7) is 0.852. The van der Waals surface area contributed by atoms with Crippen molar-refractivity contribution in [2.75, 3.05) is 0 Å². The van der Waals surface area contributed by atoms with Gasteiger partial charge in [-0.05, 0) is 18.6 Å². The Kier molecular flexibility index (Phi) is 3.43. The van der Waals surface area contributed by atoms with E-state index in [4.69, 9.17) is 11.6 Å². The van der Waals surface area contributed by atoms with E-state index in [0.717, 1.165) is 0 Å². The molecule has 0 radical (unpaired) electrons. The predicted molar refractivity (Wildman–Crippen MR) is 50.6 cm³/mol. The average Bonchev–Trinajstić information content (AvgIpc) is 2.03. The van der Waals surface area contributed by atoms with Gasteiger partial charge < -0.3 is 0 Å². The Morgan fingerprint density at radius 1 is 1.54 bits per heavy atom. The van der Waals surface area contributed by atoms with Crippen molar-refractivity contribution in [1.82, 2.24) is 0 Å². The Morgan fingerprint density at radius 2 is 2.23 bits per heavy atom. The fourth-order valence-electron chi connectivity index (χ4n) is 1.19. The molecule has 0 atom stereocenters. The van der Waals surface area contributed by atoms with Gasteiger partial charge in [0.15, 0.2) is 0 Å². The van der Waals surface area contributed by atoms with Crippen molar-refractivity contribution >= 4 is 17.4 Å². The predicted octanol–water partition coefficient (Wildman–Crippen LogP) is 2.94. The van der Waals surface area contributed by atoms with E-state index in [-0.39, 0.29) is 12.2 Å². The van der Waals surface area contributed by atoms with Crippen molar-refractivity contribution < 1.29 is 9.18 Å². The summed E-state index contributed by atoms with van der Waals surface area (Å²) < 4.78 is 12.5. The molecular weight excluding hydrogens is 191 g/mol. The van der Waals surface area contributed by atoms with Gasteiger partial charge in [-0.3, -0.25) is 4.79 Å². The van der Waals surface area contributed by atoms with Crippen LogP contribution in [0.5, 0.6) is 0 Å². The van der Waals surface area contributed by atoms with Gasteiger partial charge in [0.1, 0.15) is 12.5 Å². The highest BCUT2D eigenvalue weighted by atomic mass is 35.5. The maximum absolute atomic E-state index is 12.5. The lowest BCUT2D eigenvalue weighted by Gasteiger charge is -2.05. The van der Waals surface area contributed by atoms with Crippen molar-refractivity contribution in [3.63, 3.8) is 0 Å². The zero-order chi connectivity index (χ0) is 9.84. The summed E-state index contributed by atoms with van der Waals surface area (Å²) >= 11 is 5.76. The smallest absolute Gasteiger partial charge is 0.134 e. The zero-order valence-corrected chi connectivity index (χ0v) is 8.07. The number of halogens is 2. The normalized spacial score (nSPS) is 10.1. The number of Topliss-reactive ketones (excluding diaryl/α,β-unsaturated/α-hetero) is 1. The van der Waals surface area contributed by atoms with Crippen LogP contribution in [0.3, 0.4) is 0 Å². The molecule has 0 unspecified atom stereocenters. The quantitative estimate of drug-likeness (QED) is 0.733. The minimum atomic E-state index is -0.623. The summed E-state index contributed by atoms with van der Waals surface area (Å²) in [6.07, 6.45) is 0.250. The van der Waals surface area contributed by atoms with E-state index in [9.17, 15) is 9.18 Å². The molecule has 1 nitrogen and oxygen atoms in total. The number of benzene rings is 1. The van der Waals surface area contributed by atoms with Gasteiger partial charge in [0.25, 0.3) is 0 Å². The van der Waals surface area contributed by atoms with Gasteiger partial charge in [-0.2, -0.15) is 0 Å². The zero-order valence-electron chi connectivity index (χ0n) is 7.31. The third kappa shape index (κ3) is 2.52. The summed E-state index contributed by atoms with van der Waals surface area (Å²) in [5, 5.41) is 0.390. The first-order valence-electron chi connectivity index (χ1n) is 3.97. The minimum absolute atomic E-state index is 0.0111. The third-order valence-corrected chi connectivity index (χ3v) is 2.14. The molecule has 0 saturated heterocycles. The summed E-state index contributed by atoms with van der Waals surface area (Å²) in [5.41, 5.74) is 1.11. The van der Waals surface area contributed by atoms with E-state index in [0.29, 0.717) is 16.1 Å². The van der Waals surface area contributed by atoms with Crippen LogP contribution in [0.2, 0.25) is 5.02 Å². The van der Waals surface area contributed by atoms with Gasteiger partial charge >= 0.3 is 0 Å². The van der Waals surface area contributed by atoms with Gasteiger partial charge in [-0.15, -0.1) is 0 Å². The number of alkyl halides is 1. The monoisotopic (exact) mass is 200 g/mol. The Labute approximate surface area is 81.5 Å². The van der Waals surface area contributed by atoms with Gasteiger partial charge in [0.05, 0.1) is 0 Å². The lowest BCUT2D eigenvalue weighted by Crippen LogP contribution is -2.00. The highest BCUT2D eigenvalue weighted by Crippen LogP contribution is 2.21. The second-order valence-electron chi connectivity index (χ2n) is 2.89. The van der Waals surface area contributed by atoms with E-state index >= 15 is 0 Å². The summed E-state index contributed by atoms with van der Waals surface area (Å²) in [5.74, 6) is 0.0111. The molecule has 0 fully saturated rings. The van der Waals surface area contributed by atoms with Crippen molar-refractivity contribution in [3.8, 4) is 0 Å². The van der Waals surface area contributed by atoms with Crippen LogP contribution in [-0.4, -0.2) is 5.78 Å². The lowest BCUT2D eigenvalue weighted by atomic mass is 10.0. The molecule has 0 saturated carbocycles. The summed E-state index contributed by atoms with van der Waals surface area (Å²) in [7, 11) is 0. The number of carbonyl (C=O) groups is 1. The fourth-order valence-corrected chi connectivity index (χ4v) is 1.43. The Hall–Kier alpha value is -0.890. The Bertz CT molecular complexity index is 323.